The number of ether oxygens (including phenoxy) is 1. The fraction of sp³-hybridized carbons (Fsp3) is 0.269. The van der Waals surface area contributed by atoms with Crippen molar-refractivity contribution in [2.75, 3.05) is 19.0 Å². The zero-order valence-corrected chi connectivity index (χ0v) is 19.7. The van der Waals surface area contributed by atoms with Crippen LogP contribution in [0.2, 0.25) is 10.0 Å². The molecule has 1 heterocycles. The maximum Gasteiger partial charge on any atom is 0.242 e. The van der Waals surface area contributed by atoms with Crippen molar-refractivity contribution >= 4 is 34.8 Å². The maximum atomic E-state index is 14.9. The van der Waals surface area contributed by atoms with E-state index in [1.54, 1.807) is 43.5 Å². The minimum Gasteiger partial charge on any atom is -0.380 e. The van der Waals surface area contributed by atoms with Gasteiger partial charge in [0.05, 0.1) is 17.7 Å². The number of nitrogens with zero attached hydrogens (tertiary/aromatic N) is 1. The Morgan fingerprint density at radius 3 is 2.64 bits per heavy atom. The Morgan fingerprint density at radius 1 is 1.09 bits per heavy atom. The van der Waals surface area contributed by atoms with Gasteiger partial charge in [-0.3, -0.25) is 9.69 Å². The standard InChI is InChI=1S/C26H25Cl2FN2O2/c1-33-16-18-6-2-5-17(13-18)15-31-12-11-22(21-9-4-10-23(28)24(21)29)25(31)26(32)30-20-8-3-7-19(27)14-20/h2-10,13-14,22,25H,11-12,15-16H2,1H3,(H,30,32). The van der Waals surface area contributed by atoms with Gasteiger partial charge >= 0.3 is 0 Å². The average molecular weight is 487 g/mol. The van der Waals surface area contributed by atoms with E-state index in [1.165, 1.54) is 6.07 Å². The molecule has 0 saturated carbocycles. The zero-order chi connectivity index (χ0) is 23.4. The second-order valence-corrected chi connectivity index (χ2v) is 9.05. The molecule has 0 bridgehead atoms. The van der Waals surface area contributed by atoms with Crippen molar-refractivity contribution in [2.24, 2.45) is 0 Å². The minimum absolute atomic E-state index is 0.0622. The van der Waals surface area contributed by atoms with E-state index in [4.69, 9.17) is 27.9 Å². The van der Waals surface area contributed by atoms with E-state index in [1.807, 2.05) is 18.2 Å². The second-order valence-electron chi connectivity index (χ2n) is 8.21. The monoisotopic (exact) mass is 486 g/mol. The number of hydrogen-bond donors (Lipinski definition) is 1. The molecule has 0 spiro atoms. The molecular weight excluding hydrogens is 462 g/mol. The molecule has 2 unspecified atom stereocenters. The molecule has 1 N–H and O–H groups in total. The van der Waals surface area contributed by atoms with Crippen LogP contribution in [0.15, 0.2) is 66.7 Å². The summed E-state index contributed by atoms with van der Waals surface area (Å²) >= 11 is 12.2. The summed E-state index contributed by atoms with van der Waals surface area (Å²) in [5, 5.41) is 3.56. The molecule has 3 aromatic carbocycles. The lowest BCUT2D eigenvalue weighted by molar-refractivity contribution is -0.120. The molecule has 1 aliphatic rings. The van der Waals surface area contributed by atoms with Gasteiger partial charge in [-0.25, -0.2) is 4.39 Å². The van der Waals surface area contributed by atoms with Gasteiger partial charge in [-0.15, -0.1) is 0 Å². The van der Waals surface area contributed by atoms with Crippen molar-refractivity contribution in [1.82, 2.24) is 4.90 Å². The van der Waals surface area contributed by atoms with Crippen LogP contribution in [0.4, 0.5) is 10.1 Å². The first-order valence-electron chi connectivity index (χ1n) is 10.8. The van der Waals surface area contributed by atoms with Crippen LogP contribution in [0.25, 0.3) is 0 Å². The molecule has 2 atom stereocenters. The van der Waals surface area contributed by atoms with E-state index < -0.39 is 11.9 Å². The highest BCUT2D eigenvalue weighted by molar-refractivity contribution is 6.31. The highest BCUT2D eigenvalue weighted by Crippen LogP contribution is 2.38. The summed E-state index contributed by atoms with van der Waals surface area (Å²) in [5.74, 6) is -0.995. The van der Waals surface area contributed by atoms with Gasteiger partial charge in [-0.2, -0.15) is 0 Å². The van der Waals surface area contributed by atoms with E-state index in [-0.39, 0.29) is 16.8 Å². The number of halogens is 3. The largest absolute Gasteiger partial charge is 0.380 e. The Balaban J connectivity index is 1.64. The molecule has 0 radical (unpaired) electrons. The number of likely N-dealkylation sites (tertiary alicyclic amines) is 1. The van der Waals surface area contributed by atoms with Gasteiger partial charge in [-0.05, 0) is 53.9 Å². The number of carbonyl (C=O) groups is 1. The highest BCUT2D eigenvalue weighted by atomic mass is 35.5. The first-order chi connectivity index (χ1) is 16.0. The molecule has 172 valence electrons. The third-order valence-corrected chi connectivity index (χ3v) is 6.46. The topological polar surface area (TPSA) is 41.6 Å². The van der Waals surface area contributed by atoms with Crippen molar-refractivity contribution in [3.05, 3.63) is 99.3 Å². The normalized spacial score (nSPS) is 18.4. The van der Waals surface area contributed by atoms with E-state index in [0.717, 1.165) is 11.1 Å². The number of nitrogens with one attached hydrogen (secondary N) is 1. The van der Waals surface area contributed by atoms with Crippen molar-refractivity contribution in [1.29, 1.82) is 0 Å². The fourth-order valence-electron chi connectivity index (χ4n) is 4.52. The van der Waals surface area contributed by atoms with Crippen molar-refractivity contribution in [3.8, 4) is 0 Å². The maximum absolute atomic E-state index is 14.9. The van der Waals surface area contributed by atoms with Crippen LogP contribution < -0.4 is 5.32 Å². The summed E-state index contributed by atoms with van der Waals surface area (Å²) in [7, 11) is 1.66. The van der Waals surface area contributed by atoms with Gasteiger partial charge < -0.3 is 10.1 Å². The smallest absolute Gasteiger partial charge is 0.242 e. The molecule has 4 rings (SSSR count). The number of methoxy groups -OCH3 is 1. The van der Waals surface area contributed by atoms with Crippen LogP contribution in [0, 0.1) is 5.82 Å². The van der Waals surface area contributed by atoms with E-state index in [2.05, 4.69) is 16.3 Å². The number of carbonyl (C=O) groups excluding carboxylic acids is 1. The van der Waals surface area contributed by atoms with Crippen LogP contribution in [0.1, 0.15) is 29.0 Å². The lowest BCUT2D eigenvalue weighted by atomic mass is 9.90. The van der Waals surface area contributed by atoms with E-state index in [9.17, 15) is 9.18 Å². The molecule has 3 aromatic rings. The summed E-state index contributed by atoms with van der Waals surface area (Å²) in [6.07, 6.45) is 0.642. The fourth-order valence-corrected chi connectivity index (χ4v) is 4.89. The summed E-state index contributed by atoms with van der Waals surface area (Å²) < 4.78 is 20.2. The van der Waals surface area contributed by atoms with Gasteiger partial charge in [-0.1, -0.05) is 65.7 Å². The Kier molecular flexibility index (Phi) is 7.66. The van der Waals surface area contributed by atoms with Crippen LogP contribution in [0.3, 0.4) is 0 Å². The summed E-state index contributed by atoms with van der Waals surface area (Å²) in [5.41, 5.74) is 3.19. The lowest BCUT2D eigenvalue weighted by Crippen LogP contribution is -2.42. The number of amides is 1. The Morgan fingerprint density at radius 2 is 1.85 bits per heavy atom. The van der Waals surface area contributed by atoms with E-state index >= 15 is 0 Å². The second kappa shape index (κ2) is 10.7. The summed E-state index contributed by atoms with van der Waals surface area (Å²) in [4.78, 5) is 15.6. The first-order valence-corrected chi connectivity index (χ1v) is 11.5. The zero-order valence-electron chi connectivity index (χ0n) is 18.2. The van der Waals surface area contributed by atoms with Gasteiger partial charge in [0, 0.05) is 30.3 Å². The molecule has 4 nitrogen and oxygen atoms in total. The molecule has 1 fully saturated rings. The van der Waals surface area contributed by atoms with Gasteiger partial charge in [0.25, 0.3) is 0 Å². The number of rotatable bonds is 7. The molecule has 1 amide bonds. The summed E-state index contributed by atoms with van der Waals surface area (Å²) in [6.45, 7) is 1.73. The van der Waals surface area contributed by atoms with Gasteiger partial charge in [0.15, 0.2) is 0 Å². The molecule has 0 aromatic heterocycles. The van der Waals surface area contributed by atoms with Crippen molar-refractivity contribution in [2.45, 2.75) is 31.5 Å². The Bertz CT molecular complexity index is 1140. The SMILES string of the molecule is COCc1cccc(CN2CCC(c3cccc(Cl)c3F)C2C(=O)Nc2cccc(Cl)c2)c1. The van der Waals surface area contributed by atoms with Gasteiger partial charge in [0.1, 0.15) is 5.82 Å². The molecule has 33 heavy (non-hydrogen) atoms. The molecule has 1 aliphatic heterocycles. The number of benzene rings is 3. The van der Waals surface area contributed by atoms with E-state index in [0.29, 0.717) is 42.4 Å². The Hall–Kier alpha value is -2.44. The first kappa shape index (κ1) is 23.7. The average Bonchev–Trinajstić information content (AvgIpc) is 3.19. The Labute approximate surface area is 203 Å². The predicted octanol–water partition coefficient (Wildman–Crippen LogP) is 6.28. The van der Waals surface area contributed by atoms with Crippen LogP contribution in [-0.2, 0) is 22.7 Å². The third kappa shape index (κ3) is 5.56. The van der Waals surface area contributed by atoms with Crippen LogP contribution in [0.5, 0.6) is 0 Å². The van der Waals surface area contributed by atoms with Crippen LogP contribution in [-0.4, -0.2) is 30.5 Å². The highest BCUT2D eigenvalue weighted by Gasteiger charge is 2.41. The number of hydrogen-bond acceptors (Lipinski definition) is 3. The van der Waals surface area contributed by atoms with Crippen LogP contribution >= 0.6 is 23.2 Å². The molecule has 7 heteroatoms. The molecule has 0 aliphatic carbocycles. The van der Waals surface area contributed by atoms with Crippen molar-refractivity contribution in [3.63, 3.8) is 0 Å². The lowest BCUT2D eigenvalue weighted by Gasteiger charge is -2.28. The molecular formula is C26H25Cl2FN2O2. The number of anilines is 1. The third-order valence-electron chi connectivity index (χ3n) is 5.93. The quantitative estimate of drug-likeness (QED) is 0.427. The summed E-state index contributed by atoms with van der Waals surface area (Å²) in [6, 6.07) is 19.5. The van der Waals surface area contributed by atoms with Gasteiger partial charge in [0.2, 0.25) is 5.91 Å². The minimum atomic E-state index is -0.567. The predicted molar refractivity (Wildman–Crippen MR) is 130 cm³/mol. The molecule has 1 saturated heterocycles. The van der Waals surface area contributed by atoms with Crippen molar-refractivity contribution < 1.29 is 13.9 Å².